The monoisotopic (exact) mass is 1500 g/mol. The average Bonchev–Trinajstić information content (AvgIpc) is 0.811. The number of halogens is 3. The Morgan fingerprint density at radius 3 is 1.56 bits per heavy atom. The Balaban J connectivity index is 2.04. The van der Waals surface area contributed by atoms with Crippen LogP contribution in [0.3, 0.4) is 0 Å². The molecule has 2 fully saturated rings. The molecule has 0 bridgehead atoms. The Morgan fingerprint density at radius 2 is 1.04 bits per heavy atom. The number of likely N-dealkylation sites (tertiary alicyclic amines) is 1. The number of nitrogens with one attached hydrogen (secondary N) is 4. The summed E-state index contributed by atoms with van der Waals surface area (Å²) in [7, 11) is 7.86. The van der Waals surface area contributed by atoms with E-state index in [2.05, 4.69) is 21.3 Å². The molecule has 30 heteroatoms. The van der Waals surface area contributed by atoms with Gasteiger partial charge in [-0.25, -0.2) is 0 Å². The number of amides is 12. The Hall–Kier alpha value is -8.25. The fraction of sp³-hybridized carbons (Fsp3) is 0.684. The second-order valence-corrected chi connectivity index (χ2v) is 29.9. The minimum atomic E-state index is -5.17. The predicted molar refractivity (Wildman–Crippen MR) is 392 cm³/mol. The summed E-state index contributed by atoms with van der Waals surface area (Å²) < 4.78 is 46.5. The van der Waals surface area contributed by atoms with Crippen LogP contribution < -0.4 is 21.3 Å². The van der Waals surface area contributed by atoms with E-state index in [1.165, 1.54) is 70.8 Å². The van der Waals surface area contributed by atoms with E-state index in [0.29, 0.717) is 43.2 Å². The molecule has 0 aliphatic carbocycles. The molecule has 2 saturated heterocycles. The Morgan fingerprint density at radius 1 is 0.547 bits per heavy atom. The molecule has 2 heterocycles. The largest absolute Gasteiger partial charge is 0.416 e. The Labute approximate surface area is 623 Å². The lowest BCUT2D eigenvalue weighted by Crippen LogP contribution is -2.63. The van der Waals surface area contributed by atoms with Crippen LogP contribution in [0, 0.1) is 23.7 Å². The Bertz CT molecular complexity index is 3250. The van der Waals surface area contributed by atoms with Crippen LogP contribution in [0.25, 0.3) is 0 Å². The number of benzene rings is 2. The van der Waals surface area contributed by atoms with Gasteiger partial charge in [0.25, 0.3) is 0 Å². The third-order valence-electron chi connectivity index (χ3n) is 20.0. The fourth-order valence-electron chi connectivity index (χ4n) is 13.0. The van der Waals surface area contributed by atoms with E-state index in [9.17, 15) is 47.4 Å². The molecule has 0 radical (unpaired) electrons. The number of aliphatic hydroxyl groups excluding tert-OH is 2. The summed E-state index contributed by atoms with van der Waals surface area (Å²) in [5.74, 6) is -11.8. The highest BCUT2D eigenvalue weighted by Crippen LogP contribution is 2.26. The molecule has 0 spiro atoms. The number of nitrogens with zero attached hydrogens (tertiary/aromatic N) is 8. The van der Waals surface area contributed by atoms with E-state index in [1.807, 2.05) is 20.8 Å². The molecular weight excluding hydrogens is 1380 g/mol. The maximum absolute atomic E-state index is 15.6. The maximum Gasteiger partial charge on any atom is 0.416 e. The van der Waals surface area contributed by atoms with Crippen LogP contribution in [0.1, 0.15) is 151 Å². The van der Waals surface area contributed by atoms with E-state index in [-0.39, 0.29) is 69.5 Å². The van der Waals surface area contributed by atoms with Gasteiger partial charge >= 0.3 is 6.18 Å². The second-order valence-electron chi connectivity index (χ2n) is 29.9. The zero-order chi connectivity index (χ0) is 79.8. The van der Waals surface area contributed by atoms with Crippen LogP contribution in [0.2, 0.25) is 0 Å². The molecule has 2 aliphatic heterocycles. The van der Waals surface area contributed by atoms with Gasteiger partial charge in [0.15, 0.2) is 6.10 Å². The number of hydrogen-bond donors (Lipinski definition) is 6. The number of unbranched alkanes of at least 4 members (excludes halogenated alkanes) is 1. The minimum absolute atomic E-state index is 0.000681. The number of piperidine rings is 1. The first-order valence-corrected chi connectivity index (χ1v) is 37.1. The third kappa shape index (κ3) is 26.0. The van der Waals surface area contributed by atoms with Gasteiger partial charge in [0.1, 0.15) is 60.4 Å². The number of alkyl halides is 3. The van der Waals surface area contributed by atoms with Crippen LogP contribution in [0.4, 0.5) is 13.2 Å². The number of aliphatic hydroxyl groups is 2. The van der Waals surface area contributed by atoms with Crippen molar-refractivity contribution in [3.8, 4) is 0 Å². The number of rotatable bonds is 21. The molecule has 2 unspecified atom stereocenters. The first kappa shape index (κ1) is 90.1. The molecule has 594 valence electrons. The number of carbonyl (C=O) groups is 12. The van der Waals surface area contributed by atoms with E-state index in [1.54, 1.807) is 102 Å². The predicted octanol–water partition coefficient (Wildman–Crippen LogP) is 3.94. The second kappa shape index (κ2) is 42.3. The highest BCUT2D eigenvalue weighted by atomic mass is 19.4. The van der Waals surface area contributed by atoms with E-state index < -0.39 is 182 Å². The molecule has 2 aromatic carbocycles. The standard InChI is InChI=1S/C76H119F3N12O15/c1-18-20-34-91-43-63(95)85(13)57(38-47(5)6)67(97)81-55(72(102)90-35-28-23-29-36-90)42-62(94)84(12)50(10)66(96)82-56(44-106-45-61(93)76(77,78)79)71(101)87(15)59(39-48(7)8)73(103)86(14)58(40-52-30-24-21-25-31-52)68(98)80-54(37-46(3)4)70(100)88(16)60(41-53-32-26-22-27-33-53)74(104)89(17)65(49(9)19-2)69(99)83-64(51(11)92)75(91)105/h21-22,24-27,30-33,46-51,54-61,64-65,92-93H,18-20,23,28-29,34-45H2,1-17H3,(H,80,98)(H,81,97)(H,82,96)(H,83,99)/t49-,50-,51+,54-,55-,56-,57-,58-,59-,60-,61?,64-,65?/m0/s1. The molecule has 6 N–H and O–H groups in total. The SMILES string of the molecule is CCCCN1CC(=O)N(C)[C@@H](CC(C)C)C(=O)N[C@H](C(=O)N2CCCCC2)CC(=O)N(C)[C@@H](C)C(=O)N[C@@H](COCC(O)C(F)(F)F)C(=O)N(C)[C@@H](CC(C)C)C(=O)N(C)[C@@H](Cc2ccccc2)C(=O)N[C@@H](CC(C)C)C(=O)N(C)[C@@H](Cc2ccccc2)C(=O)N(C)C([C@@H](C)CC)C(=O)N[C@@H]([C@@H](C)O)C1=O. The number of likely N-dealkylation sites (N-methyl/N-ethyl adjacent to an activating group) is 6. The lowest BCUT2D eigenvalue weighted by molar-refractivity contribution is -0.217. The van der Waals surface area contributed by atoms with E-state index >= 15 is 33.6 Å². The summed E-state index contributed by atoms with van der Waals surface area (Å²) in [6.45, 7) is 15.9. The van der Waals surface area contributed by atoms with Crippen molar-refractivity contribution in [2.24, 2.45) is 23.7 Å². The molecule has 2 aromatic rings. The molecule has 0 saturated carbocycles. The summed E-state index contributed by atoms with van der Waals surface area (Å²) in [4.78, 5) is 190. The molecule has 106 heavy (non-hydrogen) atoms. The van der Waals surface area contributed by atoms with Gasteiger partial charge in [-0.05, 0) is 93.6 Å². The van der Waals surface area contributed by atoms with Gasteiger partial charge in [-0.3, -0.25) is 57.5 Å². The minimum Gasteiger partial charge on any atom is -0.391 e. The molecule has 4 rings (SSSR count). The van der Waals surface area contributed by atoms with Crippen LogP contribution >= 0.6 is 0 Å². The van der Waals surface area contributed by atoms with Gasteiger partial charge in [0, 0.05) is 74.8 Å². The molecule has 2 aliphatic rings. The van der Waals surface area contributed by atoms with Crippen molar-refractivity contribution in [2.45, 2.75) is 232 Å². The van der Waals surface area contributed by atoms with Crippen molar-refractivity contribution < 1.29 is 85.7 Å². The highest BCUT2D eigenvalue weighted by molar-refractivity contribution is 6.00. The lowest BCUT2D eigenvalue weighted by atomic mass is 9.94. The average molecular weight is 1500 g/mol. The third-order valence-corrected chi connectivity index (χ3v) is 20.0. The smallest absolute Gasteiger partial charge is 0.391 e. The van der Waals surface area contributed by atoms with E-state index in [0.717, 1.165) is 30.9 Å². The van der Waals surface area contributed by atoms with Crippen LogP contribution in [0.5, 0.6) is 0 Å². The molecule has 0 aromatic heterocycles. The summed E-state index contributed by atoms with van der Waals surface area (Å²) in [5.41, 5.74) is 1.17. The topological polar surface area (TPSA) is 329 Å². The fourth-order valence-corrected chi connectivity index (χ4v) is 13.0. The van der Waals surface area contributed by atoms with Crippen LogP contribution in [-0.4, -0.2) is 281 Å². The van der Waals surface area contributed by atoms with Crippen molar-refractivity contribution in [1.29, 1.82) is 0 Å². The van der Waals surface area contributed by atoms with Crippen molar-refractivity contribution in [1.82, 2.24) is 60.5 Å². The molecule has 27 nitrogen and oxygen atoms in total. The van der Waals surface area contributed by atoms with Gasteiger partial charge in [-0.2, -0.15) is 13.2 Å². The maximum atomic E-state index is 15.6. The molecule has 12 amide bonds. The summed E-state index contributed by atoms with van der Waals surface area (Å²) in [6.07, 6.45) is -7.77. The van der Waals surface area contributed by atoms with Gasteiger partial charge in [-0.15, -0.1) is 0 Å². The van der Waals surface area contributed by atoms with Crippen molar-refractivity contribution in [2.75, 3.05) is 81.7 Å². The highest BCUT2D eigenvalue weighted by Gasteiger charge is 2.46. The zero-order valence-electron chi connectivity index (χ0n) is 65.2. The lowest BCUT2D eigenvalue weighted by Gasteiger charge is -2.39. The van der Waals surface area contributed by atoms with Crippen molar-refractivity contribution in [3.63, 3.8) is 0 Å². The van der Waals surface area contributed by atoms with Gasteiger partial charge in [0.05, 0.1) is 32.3 Å². The van der Waals surface area contributed by atoms with Crippen molar-refractivity contribution >= 4 is 70.9 Å². The van der Waals surface area contributed by atoms with Crippen molar-refractivity contribution in [3.05, 3.63) is 71.8 Å². The Kier molecular flexibility index (Phi) is 36.0. The number of carbonyl (C=O) groups excluding carboxylic acids is 12. The van der Waals surface area contributed by atoms with Gasteiger partial charge in [0.2, 0.25) is 70.9 Å². The zero-order valence-corrected chi connectivity index (χ0v) is 65.2. The normalized spacial score (nSPS) is 25.0. The first-order chi connectivity index (χ1) is 49.7. The van der Waals surface area contributed by atoms with Crippen LogP contribution in [-0.2, 0) is 75.1 Å². The first-order valence-electron chi connectivity index (χ1n) is 37.1. The molecule has 13 atom stereocenters. The quantitative estimate of drug-likeness (QED) is 0.103. The summed E-state index contributed by atoms with van der Waals surface area (Å²) in [5, 5.41) is 32.3. The summed E-state index contributed by atoms with van der Waals surface area (Å²) >= 11 is 0. The number of hydrogen-bond acceptors (Lipinski definition) is 15. The summed E-state index contributed by atoms with van der Waals surface area (Å²) in [6, 6.07) is 2.12. The van der Waals surface area contributed by atoms with E-state index in [4.69, 9.17) is 4.74 Å². The number of ether oxygens (including phenoxy) is 1. The van der Waals surface area contributed by atoms with Crippen LogP contribution in [0.15, 0.2) is 60.7 Å². The van der Waals surface area contributed by atoms with Gasteiger partial charge in [-0.1, -0.05) is 136 Å². The molecular formula is C76H119F3N12O15. The van der Waals surface area contributed by atoms with Gasteiger partial charge < -0.3 is 75.4 Å².